The van der Waals surface area contributed by atoms with Gasteiger partial charge in [0.1, 0.15) is 5.75 Å². The second-order valence-electron chi connectivity index (χ2n) is 8.34. The van der Waals surface area contributed by atoms with Gasteiger partial charge in [0, 0.05) is 24.4 Å². The molecule has 0 aromatic heterocycles. The molecule has 1 atom stereocenters. The summed E-state index contributed by atoms with van der Waals surface area (Å²) in [6, 6.07) is 16.2. The molecule has 1 aliphatic heterocycles. The molecule has 30 heavy (non-hydrogen) atoms. The number of ether oxygens (including phenoxy) is 1. The zero-order valence-corrected chi connectivity index (χ0v) is 17.8. The molecule has 2 aliphatic rings. The number of oxime groups is 1. The van der Waals surface area contributed by atoms with E-state index in [1.807, 2.05) is 41.3 Å². The number of hydrogen-bond acceptors (Lipinski definition) is 4. The molecule has 0 saturated heterocycles. The fourth-order valence-corrected chi connectivity index (χ4v) is 4.48. The summed E-state index contributed by atoms with van der Waals surface area (Å²) in [4.78, 5) is 21.0. The minimum absolute atomic E-state index is 0.115. The molecule has 1 unspecified atom stereocenters. The molecule has 5 heteroatoms. The van der Waals surface area contributed by atoms with Crippen LogP contribution in [-0.2, 0) is 16.2 Å². The van der Waals surface area contributed by atoms with Crippen molar-refractivity contribution in [1.82, 2.24) is 4.90 Å². The van der Waals surface area contributed by atoms with Crippen LogP contribution in [-0.4, -0.2) is 36.3 Å². The smallest absolute Gasteiger partial charge is 0.226 e. The van der Waals surface area contributed by atoms with Crippen molar-refractivity contribution in [3.63, 3.8) is 0 Å². The van der Waals surface area contributed by atoms with Crippen LogP contribution in [0.15, 0.2) is 53.7 Å². The maximum atomic E-state index is 13.3. The Morgan fingerprint density at radius 3 is 2.73 bits per heavy atom. The summed E-state index contributed by atoms with van der Waals surface area (Å²) in [5.41, 5.74) is 4.35. The van der Waals surface area contributed by atoms with Gasteiger partial charge >= 0.3 is 0 Å². The number of benzene rings is 2. The van der Waals surface area contributed by atoms with E-state index in [9.17, 15) is 4.79 Å². The van der Waals surface area contributed by atoms with E-state index in [-0.39, 0.29) is 17.9 Å². The van der Waals surface area contributed by atoms with E-state index in [1.54, 1.807) is 7.11 Å². The van der Waals surface area contributed by atoms with E-state index < -0.39 is 0 Å². The summed E-state index contributed by atoms with van der Waals surface area (Å²) in [5, 5.41) is 4.35. The molecule has 1 aliphatic carbocycles. The van der Waals surface area contributed by atoms with Crippen LogP contribution in [0.4, 0.5) is 0 Å². The number of hydrogen-bond donors (Lipinski definition) is 0. The number of nitrogens with zero attached hydrogens (tertiary/aromatic N) is 2. The molecule has 5 nitrogen and oxygen atoms in total. The molecule has 2 aromatic rings. The first-order valence-electron chi connectivity index (χ1n) is 10.8. The Morgan fingerprint density at radius 1 is 1.17 bits per heavy atom. The average Bonchev–Trinajstić information content (AvgIpc) is 3.46. The zero-order chi connectivity index (χ0) is 20.9. The minimum atomic E-state index is -0.115. The first kappa shape index (κ1) is 20.5. The lowest BCUT2D eigenvalue weighted by Gasteiger charge is -2.27. The van der Waals surface area contributed by atoms with Gasteiger partial charge in [0.05, 0.1) is 19.4 Å². The van der Waals surface area contributed by atoms with Gasteiger partial charge in [-0.3, -0.25) is 4.79 Å². The van der Waals surface area contributed by atoms with Gasteiger partial charge in [0.2, 0.25) is 5.91 Å². The SMILES string of the molecule is COc1cccc(CN(CC2CC(c3ccccc3C)=NO2)C(=O)C2CCCC2)c1. The molecule has 1 heterocycles. The van der Waals surface area contributed by atoms with Gasteiger partial charge in [-0.15, -0.1) is 0 Å². The molecule has 0 N–H and O–H groups in total. The van der Waals surface area contributed by atoms with E-state index >= 15 is 0 Å². The van der Waals surface area contributed by atoms with Crippen LogP contribution in [0.25, 0.3) is 0 Å². The number of amides is 1. The third-order valence-corrected chi connectivity index (χ3v) is 6.14. The van der Waals surface area contributed by atoms with Crippen LogP contribution in [0.5, 0.6) is 5.75 Å². The molecule has 1 saturated carbocycles. The highest BCUT2D eigenvalue weighted by atomic mass is 16.6. The van der Waals surface area contributed by atoms with Gasteiger partial charge in [-0.05, 0) is 43.0 Å². The highest BCUT2D eigenvalue weighted by Crippen LogP contribution is 2.28. The molecule has 1 amide bonds. The number of methoxy groups -OCH3 is 1. The van der Waals surface area contributed by atoms with Crippen molar-refractivity contribution in [1.29, 1.82) is 0 Å². The summed E-state index contributed by atoms with van der Waals surface area (Å²) in [6.45, 7) is 3.20. The standard InChI is InChI=1S/C25H30N2O3/c1-18-8-3-6-13-23(18)24-15-22(30-26-24)17-27(25(28)20-10-4-5-11-20)16-19-9-7-12-21(14-19)29-2/h3,6-9,12-14,20,22H,4-5,10-11,15-17H2,1-2H3. The predicted octanol–water partition coefficient (Wildman–Crippen LogP) is 4.72. The van der Waals surface area contributed by atoms with Crippen molar-refractivity contribution in [3.8, 4) is 5.75 Å². The Kier molecular flexibility index (Phi) is 6.36. The lowest BCUT2D eigenvalue weighted by molar-refractivity contribution is -0.137. The third kappa shape index (κ3) is 4.66. The molecular formula is C25H30N2O3. The normalized spacial score (nSPS) is 18.7. The number of carbonyl (C=O) groups is 1. The van der Waals surface area contributed by atoms with Crippen LogP contribution >= 0.6 is 0 Å². The molecule has 2 aromatic carbocycles. The van der Waals surface area contributed by atoms with Gasteiger partial charge in [-0.25, -0.2) is 0 Å². The van der Waals surface area contributed by atoms with Crippen molar-refractivity contribution in [3.05, 3.63) is 65.2 Å². The highest BCUT2D eigenvalue weighted by Gasteiger charge is 2.31. The fraction of sp³-hybridized carbons (Fsp3) is 0.440. The minimum Gasteiger partial charge on any atom is -0.497 e. The van der Waals surface area contributed by atoms with E-state index in [2.05, 4.69) is 24.2 Å². The van der Waals surface area contributed by atoms with Crippen LogP contribution in [0, 0.1) is 12.8 Å². The van der Waals surface area contributed by atoms with Gasteiger partial charge in [-0.1, -0.05) is 54.4 Å². The van der Waals surface area contributed by atoms with Gasteiger partial charge in [0.25, 0.3) is 0 Å². The van der Waals surface area contributed by atoms with E-state index in [0.717, 1.165) is 54.7 Å². The molecule has 158 valence electrons. The Hall–Kier alpha value is -2.82. The Balaban J connectivity index is 1.47. The molecule has 4 rings (SSSR count). The van der Waals surface area contributed by atoms with Gasteiger partial charge in [0.15, 0.2) is 6.10 Å². The van der Waals surface area contributed by atoms with Crippen LogP contribution in [0.1, 0.15) is 48.8 Å². The molecule has 0 radical (unpaired) electrons. The monoisotopic (exact) mass is 406 g/mol. The maximum Gasteiger partial charge on any atom is 0.226 e. The third-order valence-electron chi connectivity index (χ3n) is 6.14. The maximum absolute atomic E-state index is 13.3. The Labute approximate surface area is 178 Å². The van der Waals surface area contributed by atoms with E-state index in [1.165, 1.54) is 5.56 Å². The number of rotatable bonds is 7. The zero-order valence-electron chi connectivity index (χ0n) is 17.8. The van der Waals surface area contributed by atoms with Crippen molar-refractivity contribution >= 4 is 11.6 Å². The van der Waals surface area contributed by atoms with Gasteiger partial charge < -0.3 is 14.5 Å². The predicted molar refractivity (Wildman–Crippen MR) is 118 cm³/mol. The van der Waals surface area contributed by atoms with Crippen molar-refractivity contribution in [2.45, 2.75) is 51.7 Å². The molecule has 1 fully saturated rings. The summed E-state index contributed by atoms with van der Waals surface area (Å²) in [5.74, 6) is 1.18. The summed E-state index contributed by atoms with van der Waals surface area (Å²) >= 11 is 0. The molecule has 0 spiro atoms. The number of carbonyl (C=O) groups excluding carboxylic acids is 1. The summed E-state index contributed by atoms with van der Waals surface area (Å²) in [6.07, 6.45) is 4.87. The summed E-state index contributed by atoms with van der Waals surface area (Å²) in [7, 11) is 1.66. The quantitative estimate of drug-likeness (QED) is 0.669. The first-order valence-corrected chi connectivity index (χ1v) is 10.8. The van der Waals surface area contributed by atoms with E-state index in [0.29, 0.717) is 13.1 Å². The molecule has 0 bridgehead atoms. The Bertz CT molecular complexity index is 918. The average molecular weight is 407 g/mol. The lowest BCUT2D eigenvalue weighted by Crippen LogP contribution is -2.40. The first-order chi connectivity index (χ1) is 14.6. The molecular weight excluding hydrogens is 376 g/mol. The fourth-order valence-electron chi connectivity index (χ4n) is 4.48. The highest BCUT2D eigenvalue weighted by molar-refractivity contribution is 6.02. The van der Waals surface area contributed by atoms with Crippen molar-refractivity contribution in [2.75, 3.05) is 13.7 Å². The van der Waals surface area contributed by atoms with Crippen molar-refractivity contribution < 1.29 is 14.4 Å². The van der Waals surface area contributed by atoms with E-state index in [4.69, 9.17) is 9.57 Å². The second kappa shape index (κ2) is 9.33. The van der Waals surface area contributed by atoms with Crippen LogP contribution in [0.2, 0.25) is 0 Å². The Morgan fingerprint density at radius 2 is 1.97 bits per heavy atom. The van der Waals surface area contributed by atoms with Crippen molar-refractivity contribution in [2.24, 2.45) is 11.1 Å². The van der Waals surface area contributed by atoms with Gasteiger partial charge in [-0.2, -0.15) is 0 Å². The van der Waals surface area contributed by atoms with Crippen LogP contribution in [0.3, 0.4) is 0 Å². The lowest BCUT2D eigenvalue weighted by atomic mass is 9.99. The summed E-state index contributed by atoms with van der Waals surface area (Å²) < 4.78 is 5.36. The number of aryl methyl sites for hydroxylation is 1. The second-order valence-corrected chi connectivity index (χ2v) is 8.34. The largest absolute Gasteiger partial charge is 0.497 e. The topological polar surface area (TPSA) is 51.1 Å². The van der Waals surface area contributed by atoms with Crippen LogP contribution < -0.4 is 4.74 Å².